The molecule has 1 saturated heterocycles. The van der Waals surface area contributed by atoms with Gasteiger partial charge in [-0.15, -0.1) is 0 Å². The van der Waals surface area contributed by atoms with Crippen LogP contribution in [-0.4, -0.2) is 40.1 Å². The van der Waals surface area contributed by atoms with Gasteiger partial charge in [-0.2, -0.15) is 0 Å². The van der Waals surface area contributed by atoms with Crippen LogP contribution in [0, 0.1) is 0 Å². The average Bonchev–Trinajstić information content (AvgIpc) is 3.26. The maximum atomic E-state index is 12.7. The predicted octanol–water partition coefficient (Wildman–Crippen LogP) is 3.67. The van der Waals surface area contributed by atoms with Gasteiger partial charge in [0.05, 0.1) is 11.5 Å². The van der Waals surface area contributed by atoms with Gasteiger partial charge < -0.3 is 15.4 Å². The third-order valence-electron chi connectivity index (χ3n) is 5.12. The number of hydrogen-bond donors (Lipinski definition) is 3. The molecule has 3 aromatic carbocycles. The second-order valence-electron chi connectivity index (χ2n) is 7.48. The van der Waals surface area contributed by atoms with Gasteiger partial charge in [-0.1, -0.05) is 6.07 Å². The molecule has 0 radical (unpaired) electrons. The molecule has 3 N–H and O–H groups in total. The number of urea groups is 1. The van der Waals surface area contributed by atoms with Crippen LogP contribution in [0.2, 0.25) is 0 Å². The molecule has 1 fully saturated rings. The Balaban J connectivity index is 1.42. The molecule has 0 atom stereocenters. The Morgan fingerprint density at radius 3 is 2.41 bits per heavy atom. The Morgan fingerprint density at radius 1 is 1.03 bits per heavy atom. The molecule has 0 saturated carbocycles. The first-order valence-corrected chi connectivity index (χ1v) is 12.2. The molecule has 0 unspecified atom stereocenters. The van der Waals surface area contributed by atoms with Gasteiger partial charge in [0.25, 0.3) is 15.9 Å². The zero-order valence-corrected chi connectivity index (χ0v) is 19.3. The molecule has 34 heavy (non-hydrogen) atoms. The molecule has 10 heteroatoms. The molecule has 176 valence electrons. The molecule has 1 aliphatic rings. The standard InChI is InChI=1S/C24H24N4O5S/c1-2-33-21-10-8-18(9-11-21)27-34(31,32)22-12-6-17(7-13-22)23(29)26-19-4-3-5-20(16-19)28-15-14-25-24(28)30/h3-13,16,27H,2,14-15H2,1H3,(H,25,30)(H,26,29). The Labute approximate surface area is 197 Å². The van der Waals surface area contributed by atoms with Crippen molar-refractivity contribution in [2.24, 2.45) is 0 Å². The van der Waals surface area contributed by atoms with Gasteiger partial charge in [0, 0.05) is 35.7 Å². The van der Waals surface area contributed by atoms with Crippen LogP contribution in [0.25, 0.3) is 0 Å². The van der Waals surface area contributed by atoms with E-state index in [2.05, 4.69) is 15.4 Å². The second kappa shape index (κ2) is 9.84. The number of rotatable bonds is 8. The van der Waals surface area contributed by atoms with Crippen molar-refractivity contribution in [1.29, 1.82) is 0 Å². The first-order valence-electron chi connectivity index (χ1n) is 10.7. The van der Waals surface area contributed by atoms with E-state index in [1.165, 1.54) is 24.3 Å². The van der Waals surface area contributed by atoms with Crippen molar-refractivity contribution < 1.29 is 22.7 Å². The van der Waals surface area contributed by atoms with Crippen molar-refractivity contribution in [2.45, 2.75) is 11.8 Å². The van der Waals surface area contributed by atoms with Crippen LogP contribution in [0.15, 0.2) is 77.7 Å². The maximum absolute atomic E-state index is 12.7. The van der Waals surface area contributed by atoms with Gasteiger partial charge in [-0.25, -0.2) is 13.2 Å². The largest absolute Gasteiger partial charge is 0.494 e. The molecule has 0 spiro atoms. The third kappa shape index (κ3) is 5.29. The van der Waals surface area contributed by atoms with Crippen molar-refractivity contribution in [1.82, 2.24) is 5.32 Å². The topological polar surface area (TPSA) is 117 Å². The second-order valence-corrected chi connectivity index (χ2v) is 9.16. The number of anilines is 3. The molecular formula is C24H24N4O5S. The third-order valence-corrected chi connectivity index (χ3v) is 6.51. The van der Waals surface area contributed by atoms with Crippen LogP contribution in [-0.2, 0) is 10.0 Å². The van der Waals surface area contributed by atoms with Crippen LogP contribution in [0.5, 0.6) is 5.75 Å². The van der Waals surface area contributed by atoms with E-state index < -0.39 is 15.9 Å². The minimum Gasteiger partial charge on any atom is -0.494 e. The average molecular weight is 481 g/mol. The summed E-state index contributed by atoms with van der Waals surface area (Å²) in [6.45, 7) is 3.51. The fraction of sp³-hybridized carbons (Fsp3) is 0.167. The van der Waals surface area contributed by atoms with E-state index in [4.69, 9.17) is 4.74 Å². The van der Waals surface area contributed by atoms with Gasteiger partial charge in [-0.05, 0) is 73.7 Å². The lowest BCUT2D eigenvalue weighted by atomic mass is 10.2. The number of nitrogens with one attached hydrogen (secondary N) is 3. The molecule has 3 amide bonds. The summed E-state index contributed by atoms with van der Waals surface area (Å²) in [7, 11) is -3.83. The summed E-state index contributed by atoms with van der Waals surface area (Å²) >= 11 is 0. The van der Waals surface area contributed by atoms with Gasteiger partial charge in [-0.3, -0.25) is 14.4 Å². The van der Waals surface area contributed by atoms with E-state index in [1.807, 2.05) is 6.92 Å². The highest BCUT2D eigenvalue weighted by Crippen LogP contribution is 2.23. The Kier molecular flexibility index (Phi) is 6.69. The van der Waals surface area contributed by atoms with Gasteiger partial charge in [0.1, 0.15) is 5.75 Å². The van der Waals surface area contributed by atoms with Crippen LogP contribution < -0.4 is 25.0 Å². The molecule has 4 rings (SSSR count). The van der Waals surface area contributed by atoms with Crippen molar-refractivity contribution in [3.63, 3.8) is 0 Å². The molecular weight excluding hydrogens is 456 g/mol. The van der Waals surface area contributed by atoms with Gasteiger partial charge in [0.15, 0.2) is 0 Å². The summed E-state index contributed by atoms with van der Waals surface area (Å²) in [6, 6.07) is 19.0. The molecule has 9 nitrogen and oxygen atoms in total. The number of ether oxygens (including phenoxy) is 1. The van der Waals surface area contributed by atoms with E-state index in [0.717, 1.165) is 0 Å². The summed E-state index contributed by atoms with van der Waals surface area (Å²) < 4.78 is 33.3. The molecule has 0 aliphatic carbocycles. The summed E-state index contributed by atoms with van der Waals surface area (Å²) in [5.74, 6) is 0.251. The highest BCUT2D eigenvalue weighted by atomic mass is 32.2. The van der Waals surface area contributed by atoms with Crippen molar-refractivity contribution >= 4 is 39.0 Å². The Morgan fingerprint density at radius 2 is 1.76 bits per heavy atom. The smallest absolute Gasteiger partial charge is 0.321 e. The zero-order valence-electron chi connectivity index (χ0n) is 18.4. The normalized spacial score (nSPS) is 13.3. The Hall–Kier alpha value is -4.05. The maximum Gasteiger partial charge on any atom is 0.321 e. The highest BCUT2D eigenvalue weighted by Gasteiger charge is 2.21. The first kappa shape index (κ1) is 23.1. The zero-order chi connectivity index (χ0) is 24.1. The minimum absolute atomic E-state index is 0.0278. The number of amides is 3. The lowest BCUT2D eigenvalue weighted by molar-refractivity contribution is 0.102. The summed E-state index contributed by atoms with van der Waals surface area (Å²) in [5.41, 5.74) is 1.90. The van der Waals surface area contributed by atoms with Crippen LogP contribution >= 0.6 is 0 Å². The van der Waals surface area contributed by atoms with E-state index in [0.29, 0.717) is 48.1 Å². The molecule has 1 aliphatic heterocycles. The quantitative estimate of drug-likeness (QED) is 0.455. The first-order chi connectivity index (χ1) is 16.4. The van der Waals surface area contributed by atoms with Gasteiger partial charge in [0.2, 0.25) is 0 Å². The van der Waals surface area contributed by atoms with Crippen molar-refractivity contribution in [2.75, 3.05) is 34.6 Å². The Bertz CT molecular complexity index is 1290. The van der Waals surface area contributed by atoms with Crippen LogP contribution in [0.3, 0.4) is 0 Å². The number of carbonyl (C=O) groups is 2. The van der Waals surface area contributed by atoms with Crippen LogP contribution in [0.4, 0.5) is 21.9 Å². The monoisotopic (exact) mass is 480 g/mol. The number of hydrogen-bond acceptors (Lipinski definition) is 5. The highest BCUT2D eigenvalue weighted by molar-refractivity contribution is 7.92. The fourth-order valence-corrected chi connectivity index (χ4v) is 4.52. The van der Waals surface area contributed by atoms with E-state index in [1.54, 1.807) is 53.4 Å². The summed E-state index contributed by atoms with van der Waals surface area (Å²) in [5, 5.41) is 5.51. The van der Waals surface area contributed by atoms with E-state index in [9.17, 15) is 18.0 Å². The van der Waals surface area contributed by atoms with Gasteiger partial charge >= 0.3 is 6.03 Å². The minimum atomic E-state index is -3.83. The number of sulfonamides is 1. The number of nitrogens with zero attached hydrogens (tertiary/aromatic N) is 1. The lowest BCUT2D eigenvalue weighted by Gasteiger charge is -2.15. The molecule has 3 aromatic rings. The van der Waals surface area contributed by atoms with E-state index >= 15 is 0 Å². The fourth-order valence-electron chi connectivity index (χ4n) is 3.46. The molecule has 0 aromatic heterocycles. The van der Waals surface area contributed by atoms with Crippen LogP contribution in [0.1, 0.15) is 17.3 Å². The van der Waals surface area contributed by atoms with E-state index in [-0.39, 0.29) is 10.9 Å². The number of benzene rings is 3. The molecule has 1 heterocycles. The SMILES string of the molecule is CCOc1ccc(NS(=O)(=O)c2ccc(C(=O)Nc3cccc(N4CCNC4=O)c3)cc2)cc1. The van der Waals surface area contributed by atoms with Crippen molar-refractivity contribution in [3.05, 3.63) is 78.4 Å². The number of carbonyl (C=O) groups excluding carboxylic acids is 2. The predicted molar refractivity (Wildman–Crippen MR) is 130 cm³/mol. The van der Waals surface area contributed by atoms with Crippen molar-refractivity contribution in [3.8, 4) is 5.75 Å². The summed E-state index contributed by atoms with van der Waals surface area (Å²) in [4.78, 5) is 26.2. The molecule has 0 bridgehead atoms. The summed E-state index contributed by atoms with van der Waals surface area (Å²) in [6.07, 6.45) is 0. The lowest BCUT2D eigenvalue weighted by Crippen LogP contribution is -2.27.